The Morgan fingerprint density at radius 2 is 1.53 bits per heavy atom. The first-order chi connectivity index (χ1) is 14.4. The fraction of sp³-hybridized carbons (Fsp3) is 0.381. The van der Waals surface area contributed by atoms with Gasteiger partial charge in [-0.3, -0.25) is 10.0 Å². The number of carbonyl (C=O) groups is 1. The van der Waals surface area contributed by atoms with Gasteiger partial charge in [-0.1, -0.05) is 0 Å². The van der Waals surface area contributed by atoms with E-state index >= 15 is 0 Å². The van der Waals surface area contributed by atoms with Crippen LogP contribution in [-0.2, 0) is 14.6 Å². The molecule has 30 heavy (non-hydrogen) atoms. The smallest absolute Gasteiger partial charge is 0.265 e. The first-order valence-electron chi connectivity index (χ1n) is 9.70. The highest BCUT2D eigenvalue weighted by atomic mass is 32.2. The zero-order valence-electron chi connectivity index (χ0n) is 16.6. The highest BCUT2D eigenvalue weighted by Gasteiger charge is 2.78. The summed E-state index contributed by atoms with van der Waals surface area (Å²) in [5.74, 6) is 0.890. The molecule has 1 spiro atoms. The van der Waals surface area contributed by atoms with Crippen LogP contribution in [0.1, 0.15) is 19.3 Å². The molecular weight excluding hydrogens is 408 g/mol. The molecule has 2 aromatic carbocycles. The van der Waals surface area contributed by atoms with Crippen LogP contribution in [0.25, 0.3) is 0 Å². The van der Waals surface area contributed by atoms with Crippen molar-refractivity contribution in [2.45, 2.75) is 28.9 Å². The lowest BCUT2D eigenvalue weighted by Gasteiger charge is -2.28. The molecule has 4 rings (SSSR count). The van der Waals surface area contributed by atoms with Gasteiger partial charge >= 0.3 is 0 Å². The molecule has 1 atom stereocenters. The maximum absolute atomic E-state index is 13.5. The van der Waals surface area contributed by atoms with E-state index in [4.69, 9.17) is 9.47 Å². The fourth-order valence-corrected chi connectivity index (χ4v) is 6.93. The number of piperidine rings is 1. The first-order valence-corrected chi connectivity index (χ1v) is 11.2. The summed E-state index contributed by atoms with van der Waals surface area (Å²) < 4.78 is 36.2. The topological polar surface area (TPSA) is 114 Å². The number of hydroxylamine groups is 1. The second-order valence-electron chi connectivity index (χ2n) is 7.73. The van der Waals surface area contributed by atoms with Crippen LogP contribution in [0.15, 0.2) is 53.4 Å². The number of rotatable bonds is 6. The zero-order chi connectivity index (χ0) is 21.4. The number of sulfone groups is 1. The molecule has 0 bridgehead atoms. The van der Waals surface area contributed by atoms with Gasteiger partial charge in [-0.2, -0.15) is 0 Å². The molecule has 1 heterocycles. The van der Waals surface area contributed by atoms with E-state index in [9.17, 15) is 18.4 Å². The SMILES string of the molecule is COc1ccc(Oc2ccc(S(=O)(=O)C3(C(=O)NO)CC34CCNCC4)cc2)cc1. The molecule has 1 amide bonds. The molecule has 9 heteroatoms. The summed E-state index contributed by atoms with van der Waals surface area (Å²) in [5.41, 5.74) is 0.945. The number of hydrogen-bond acceptors (Lipinski definition) is 7. The summed E-state index contributed by atoms with van der Waals surface area (Å²) in [7, 11) is -2.44. The predicted molar refractivity (Wildman–Crippen MR) is 109 cm³/mol. The lowest BCUT2D eigenvalue weighted by molar-refractivity contribution is -0.130. The summed E-state index contributed by atoms with van der Waals surface area (Å²) in [6, 6.07) is 13.0. The van der Waals surface area contributed by atoms with Crippen LogP contribution in [0.2, 0.25) is 0 Å². The van der Waals surface area contributed by atoms with Gasteiger partial charge in [-0.05, 0) is 80.9 Å². The molecular formula is C21H24N2O6S. The maximum Gasteiger partial charge on any atom is 0.265 e. The lowest BCUT2D eigenvalue weighted by Crippen LogP contribution is -2.47. The largest absolute Gasteiger partial charge is 0.497 e. The summed E-state index contributed by atoms with van der Waals surface area (Å²) >= 11 is 0. The van der Waals surface area contributed by atoms with Gasteiger partial charge in [-0.15, -0.1) is 0 Å². The van der Waals surface area contributed by atoms with Crippen molar-refractivity contribution in [2.24, 2.45) is 5.41 Å². The van der Waals surface area contributed by atoms with Gasteiger partial charge in [-0.25, -0.2) is 13.9 Å². The molecule has 1 unspecified atom stereocenters. The molecule has 1 saturated heterocycles. The average molecular weight is 432 g/mol. The van der Waals surface area contributed by atoms with E-state index in [0.717, 1.165) is 0 Å². The predicted octanol–water partition coefficient (Wildman–Crippen LogP) is 2.28. The molecule has 0 radical (unpaired) electrons. The Hall–Kier alpha value is -2.62. The Kier molecular flexibility index (Phi) is 5.21. The Bertz CT molecular complexity index is 1030. The summed E-state index contributed by atoms with van der Waals surface area (Å²) in [4.78, 5) is 12.6. The molecule has 2 fully saturated rings. The van der Waals surface area contributed by atoms with E-state index < -0.39 is 25.9 Å². The minimum absolute atomic E-state index is 0.0311. The van der Waals surface area contributed by atoms with Gasteiger partial charge in [0.2, 0.25) is 0 Å². The molecule has 8 nitrogen and oxygen atoms in total. The van der Waals surface area contributed by atoms with Gasteiger partial charge in [0, 0.05) is 5.41 Å². The fourth-order valence-electron chi connectivity index (χ4n) is 4.50. The number of hydrogen-bond donors (Lipinski definition) is 3. The maximum atomic E-state index is 13.5. The van der Waals surface area contributed by atoms with Crippen molar-refractivity contribution in [3.8, 4) is 17.2 Å². The number of methoxy groups -OCH3 is 1. The second-order valence-corrected chi connectivity index (χ2v) is 9.90. The zero-order valence-corrected chi connectivity index (χ0v) is 17.4. The number of benzene rings is 2. The van der Waals surface area contributed by atoms with Crippen molar-refractivity contribution in [3.63, 3.8) is 0 Å². The van der Waals surface area contributed by atoms with E-state index in [1.165, 1.54) is 12.1 Å². The van der Waals surface area contributed by atoms with Crippen LogP contribution >= 0.6 is 0 Å². The normalized spacial score (nSPS) is 22.3. The first kappa shape index (κ1) is 20.6. The van der Waals surface area contributed by atoms with Gasteiger partial charge in [0.1, 0.15) is 17.2 Å². The molecule has 2 aromatic rings. The molecule has 1 aliphatic heterocycles. The molecule has 1 saturated carbocycles. The third-order valence-corrected chi connectivity index (χ3v) is 8.81. The highest BCUT2D eigenvalue weighted by molar-refractivity contribution is 7.94. The quantitative estimate of drug-likeness (QED) is 0.474. The lowest BCUT2D eigenvalue weighted by atomic mass is 9.91. The Labute approximate surface area is 175 Å². The number of carbonyl (C=O) groups excluding carboxylic acids is 1. The van der Waals surface area contributed by atoms with Crippen LogP contribution in [0.4, 0.5) is 0 Å². The van der Waals surface area contributed by atoms with Gasteiger partial charge in [0.05, 0.1) is 12.0 Å². The van der Waals surface area contributed by atoms with Crippen molar-refractivity contribution in [1.82, 2.24) is 10.8 Å². The minimum atomic E-state index is -4.02. The van der Waals surface area contributed by atoms with Crippen LogP contribution in [0.3, 0.4) is 0 Å². The van der Waals surface area contributed by atoms with E-state index in [-0.39, 0.29) is 11.3 Å². The highest BCUT2D eigenvalue weighted by Crippen LogP contribution is 2.67. The number of amides is 1. The van der Waals surface area contributed by atoms with Crippen molar-refractivity contribution in [2.75, 3.05) is 20.2 Å². The van der Waals surface area contributed by atoms with Crippen LogP contribution in [-0.4, -0.2) is 44.5 Å². The Morgan fingerprint density at radius 3 is 2.07 bits per heavy atom. The average Bonchev–Trinajstić information content (AvgIpc) is 3.43. The third-order valence-electron chi connectivity index (χ3n) is 6.24. The Morgan fingerprint density at radius 1 is 1.00 bits per heavy atom. The third kappa shape index (κ3) is 3.13. The molecule has 1 aliphatic carbocycles. The van der Waals surface area contributed by atoms with E-state index in [1.807, 2.05) is 0 Å². The van der Waals surface area contributed by atoms with Gasteiger partial charge in [0.15, 0.2) is 14.6 Å². The Balaban J connectivity index is 1.59. The van der Waals surface area contributed by atoms with Crippen molar-refractivity contribution < 1.29 is 27.9 Å². The van der Waals surface area contributed by atoms with Gasteiger partial charge < -0.3 is 14.8 Å². The monoisotopic (exact) mass is 432 g/mol. The van der Waals surface area contributed by atoms with Gasteiger partial charge in [0.25, 0.3) is 5.91 Å². The van der Waals surface area contributed by atoms with E-state index in [2.05, 4.69) is 5.32 Å². The molecule has 0 aromatic heterocycles. The van der Waals surface area contributed by atoms with E-state index in [0.29, 0.717) is 43.2 Å². The van der Waals surface area contributed by atoms with Crippen molar-refractivity contribution >= 4 is 15.7 Å². The van der Waals surface area contributed by atoms with Crippen molar-refractivity contribution in [3.05, 3.63) is 48.5 Å². The standard InChI is InChI=1S/C21H24N2O6S/c1-28-15-2-4-16(5-3-15)29-17-6-8-18(9-7-17)30(26,27)21(19(24)23-25)14-20(21)10-12-22-13-11-20/h2-9,22,25H,10-14H2,1H3,(H,23,24). The summed E-state index contributed by atoms with van der Waals surface area (Å²) in [6.45, 7) is 1.29. The molecule has 160 valence electrons. The minimum Gasteiger partial charge on any atom is -0.497 e. The number of ether oxygens (including phenoxy) is 2. The van der Waals surface area contributed by atoms with E-state index in [1.54, 1.807) is 49.0 Å². The van der Waals surface area contributed by atoms with Crippen LogP contribution in [0, 0.1) is 5.41 Å². The van der Waals surface area contributed by atoms with Crippen LogP contribution < -0.4 is 20.3 Å². The second kappa shape index (κ2) is 7.57. The summed E-state index contributed by atoms with van der Waals surface area (Å²) in [6.07, 6.45) is 1.34. The summed E-state index contributed by atoms with van der Waals surface area (Å²) in [5, 5.41) is 12.5. The van der Waals surface area contributed by atoms with Crippen molar-refractivity contribution in [1.29, 1.82) is 0 Å². The van der Waals surface area contributed by atoms with Crippen LogP contribution in [0.5, 0.6) is 17.2 Å². The number of nitrogens with one attached hydrogen (secondary N) is 2. The molecule has 3 N–H and O–H groups in total. The molecule has 2 aliphatic rings.